The second kappa shape index (κ2) is 7.33. The van der Waals surface area contributed by atoms with E-state index in [1.165, 1.54) is 4.90 Å². The number of para-hydroxylation sites is 1. The highest BCUT2D eigenvalue weighted by Gasteiger charge is 2.36. The molecule has 0 aliphatic carbocycles. The van der Waals surface area contributed by atoms with Crippen molar-refractivity contribution >= 4 is 22.9 Å². The fourth-order valence-corrected chi connectivity index (χ4v) is 3.58. The Morgan fingerprint density at radius 1 is 1.35 bits per heavy atom. The molecule has 0 spiro atoms. The molecule has 2 heterocycles. The van der Waals surface area contributed by atoms with Gasteiger partial charge < -0.3 is 20.4 Å². The van der Waals surface area contributed by atoms with Crippen LogP contribution in [0.25, 0.3) is 10.9 Å². The number of nitrogens with one attached hydrogen (secondary N) is 1. The van der Waals surface area contributed by atoms with Crippen molar-refractivity contribution in [1.82, 2.24) is 20.0 Å². The highest BCUT2D eigenvalue weighted by atomic mass is 16.4. The lowest BCUT2D eigenvalue weighted by Gasteiger charge is -2.19. The molecule has 2 amide bonds. The summed E-state index contributed by atoms with van der Waals surface area (Å²) in [6.07, 6.45) is -0.180. The summed E-state index contributed by atoms with van der Waals surface area (Å²) in [5.41, 5.74) is 1.24. The summed E-state index contributed by atoms with van der Waals surface area (Å²) in [7, 11) is 0. The molecule has 8 heteroatoms. The van der Waals surface area contributed by atoms with Crippen LogP contribution in [0.15, 0.2) is 24.3 Å². The van der Waals surface area contributed by atoms with Crippen LogP contribution in [-0.2, 0) is 0 Å². The van der Waals surface area contributed by atoms with E-state index in [0.29, 0.717) is 18.5 Å². The van der Waals surface area contributed by atoms with Crippen LogP contribution in [0, 0.1) is 0 Å². The summed E-state index contributed by atoms with van der Waals surface area (Å²) >= 11 is 0. The van der Waals surface area contributed by atoms with Gasteiger partial charge in [-0.15, -0.1) is 0 Å². The number of fused-ring (bicyclic) bond motifs is 1. The standard InChI is InChI=1S/C18H24N4O4/c1-11(2)22-15-6-4-3-5-14(15)16(20-22)17(24)19-12-9-13(7-8-23)21(10-12)18(25)26/h3-6,11-13,23H,7-10H2,1-2H3,(H,19,24)(H,25,26)/t12-,13+/m0/s1. The van der Waals surface area contributed by atoms with Crippen LogP contribution in [0.3, 0.4) is 0 Å². The summed E-state index contributed by atoms with van der Waals surface area (Å²) in [5.74, 6) is -0.305. The molecule has 26 heavy (non-hydrogen) atoms. The number of carbonyl (C=O) groups is 2. The van der Waals surface area contributed by atoms with Crippen molar-refractivity contribution in [3.63, 3.8) is 0 Å². The molecule has 8 nitrogen and oxygen atoms in total. The van der Waals surface area contributed by atoms with Gasteiger partial charge in [0.2, 0.25) is 0 Å². The number of nitrogens with zero attached hydrogens (tertiary/aromatic N) is 3. The van der Waals surface area contributed by atoms with Gasteiger partial charge in [-0.25, -0.2) is 4.79 Å². The Kier molecular flexibility index (Phi) is 5.13. The van der Waals surface area contributed by atoms with Gasteiger partial charge in [-0.05, 0) is 32.8 Å². The minimum atomic E-state index is -1.03. The van der Waals surface area contributed by atoms with Crippen LogP contribution in [0.2, 0.25) is 0 Å². The van der Waals surface area contributed by atoms with Gasteiger partial charge in [0.05, 0.1) is 5.52 Å². The largest absolute Gasteiger partial charge is 0.465 e. The summed E-state index contributed by atoms with van der Waals surface area (Å²) in [4.78, 5) is 25.4. The minimum Gasteiger partial charge on any atom is -0.465 e. The number of likely N-dealkylation sites (tertiary alicyclic amines) is 1. The Hall–Kier alpha value is -2.61. The molecule has 140 valence electrons. The molecular weight excluding hydrogens is 336 g/mol. The average molecular weight is 360 g/mol. The first kappa shape index (κ1) is 18.2. The van der Waals surface area contributed by atoms with Crippen LogP contribution in [0.5, 0.6) is 0 Å². The first-order valence-electron chi connectivity index (χ1n) is 8.81. The molecule has 0 radical (unpaired) electrons. The second-order valence-corrected chi connectivity index (χ2v) is 6.91. The summed E-state index contributed by atoms with van der Waals surface area (Å²) in [5, 5.41) is 26.6. The van der Waals surface area contributed by atoms with Gasteiger partial charge in [0.1, 0.15) is 0 Å². The predicted octanol–water partition coefficient (Wildman–Crippen LogP) is 1.85. The number of aliphatic hydroxyl groups is 1. The molecule has 3 rings (SSSR count). The van der Waals surface area contributed by atoms with Gasteiger partial charge in [-0.3, -0.25) is 9.48 Å². The van der Waals surface area contributed by atoms with Crippen LogP contribution in [-0.4, -0.2) is 62.1 Å². The Labute approximate surface area is 151 Å². The lowest BCUT2D eigenvalue weighted by atomic mass is 10.1. The number of carbonyl (C=O) groups excluding carboxylic acids is 1. The summed E-state index contributed by atoms with van der Waals surface area (Å²) in [6, 6.07) is 7.10. The molecule has 1 fully saturated rings. The number of aromatic nitrogens is 2. The zero-order chi connectivity index (χ0) is 18.8. The SMILES string of the molecule is CC(C)n1nc(C(=O)N[C@H]2C[C@@H](CCO)N(C(=O)O)C2)c2ccccc21. The molecular formula is C18H24N4O4. The van der Waals surface area contributed by atoms with Crippen LogP contribution < -0.4 is 5.32 Å². The molecule has 1 aliphatic heterocycles. The minimum absolute atomic E-state index is 0.0848. The normalized spacial score (nSPS) is 20.1. The van der Waals surface area contributed by atoms with Gasteiger partial charge in [-0.2, -0.15) is 5.10 Å². The van der Waals surface area contributed by atoms with Gasteiger partial charge >= 0.3 is 6.09 Å². The van der Waals surface area contributed by atoms with Crippen molar-refractivity contribution in [1.29, 1.82) is 0 Å². The third-order valence-corrected chi connectivity index (χ3v) is 4.78. The van der Waals surface area contributed by atoms with Gasteiger partial charge in [0.25, 0.3) is 5.91 Å². The van der Waals surface area contributed by atoms with Crippen molar-refractivity contribution in [3.8, 4) is 0 Å². The molecule has 1 aromatic carbocycles. The maximum atomic E-state index is 12.8. The van der Waals surface area contributed by atoms with Crippen LogP contribution >= 0.6 is 0 Å². The molecule has 1 aromatic heterocycles. The molecule has 2 atom stereocenters. The smallest absolute Gasteiger partial charge is 0.407 e. The quantitative estimate of drug-likeness (QED) is 0.754. The van der Waals surface area contributed by atoms with Crippen molar-refractivity contribution in [2.75, 3.05) is 13.2 Å². The third kappa shape index (κ3) is 3.37. The van der Waals surface area contributed by atoms with E-state index in [0.717, 1.165) is 10.9 Å². The highest BCUT2D eigenvalue weighted by molar-refractivity contribution is 6.05. The number of amides is 2. The Morgan fingerprint density at radius 3 is 2.73 bits per heavy atom. The zero-order valence-corrected chi connectivity index (χ0v) is 14.9. The van der Waals surface area contributed by atoms with Crippen molar-refractivity contribution < 1.29 is 19.8 Å². The number of benzene rings is 1. The van der Waals surface area contributed by atoms with Crippen LogP contribution in [0.4, 0.5) is 4.79 Å². The molecule has 1 aliphatic rings. The lowest BCUT2D eigenvalue weighted by Crippen LogP contribution is -2.39. The molecule has 0 saturated carbocycles. The maximum Gasteiger partial charge on any atom is 0.407 e. The van der Waals surface area contributed by atoms with E-state index in [1.54, 1.807) is 0 Å². The predicted molar refractivity (Wildman–Crippen MR) is 96.2 cm³/mol. The number of rotatable bonds is 5. The topological polar surface area (TPSA) is 108 Å². The molecule has 0 unspecified atom stereocenters. The number of hydrogen-bond donors (Lipinski definition) is 3. The molecule has 1 saturated heterocycles. The van der Waals surface area contributed by atoms with E-state index in [-0.39, 0.29) is 37.2 Å². The lowest BCUT2D eigenvalue weighted by molar-refractivity contribution is 0.0931. The van der Waals surface area contributed by atoms with E-state index >= 15 is 0 Å². The highest BCUT2D eigenvalue weighted by Crippen LogP contribution is 2.24. The number of aliphatic hydroxyl groups excluding tert-OH is 1. The van der Waals surface area contributed by atoms with E-state index in [4.69, 9.17) is 5.11 Å². The number of hydrogen-bond acceptors (Lipinski definition) is 4. The summed E-state index contributed by atoms with van der Waals surface area (Å²) in [6.45, 7) is 4.14. The van der Waals surface area contributed by atoms with Crippen molar-refractivity contribution in [2.45, 2.75) is 44.8 Å². The Bertz CT molecular complexity index is 817. The first-order valence-corrected chi connectivity index (χ1v) is 8.81. The first-order chi connectivity index (χ1) is 12.4. The third-order valence-electron chi connectivity index (χ3n) is 4.78. The Balaban J connectivity index is 1.81. The monoisotopic (exact) mass is 360 g/mol. The molecule has 2 aromatic rings. The fourth-order valence-electron chi connectivity index (χ4n) is 3.58. The number of carboxylic acid groups (broad SMARTS) is 1. The Morgan fingerprint density at radius 2 is 2.08 bits per heavy atom. The van der Waals surface area contributed by atoms with Crippen molar-refractivity contribution in [3.05, 3.63) is 30.0 Å². The van der Waals surface area contributed by atoms with E-state index in [9.17, 15) is 14.7 Å². The average Bonchev–Trinajstić information content (AvgIpc) is 3.17. The zero-order valence-electron chi connectivity index (χ0n) is 14.9. The van der Waals surface area contributed by atoms with Crippen LogP contribution in [0.1, 0.15) is 43.2 Å². The van der Waals surface area contributed by atoms with E-state index in [2.05, 4.69) is 10.4 Å². The van der Waals surface area contributed by atoms with Crippen molar-refractivity contribution in [2.24, 2.45) is 0 Å². The van der Waals surface area contributed by atoms with Gasteiger partial charge in [-0.1, -0.05) is 18.2 Å². The molecule has 0 bridgehead atoms. The second-order valence-electron chi connectivity index (χ2n) is 6.91. The van der Waals surface area contributed by atoms with Gasteiger partial charge in [0.15, 0.2) is 5.69 Å². The van der Waals surface area contributed by atoms with Gasteiger partial charge in [0, 0.05) is 36.7 Å². The molecule has 3 N–H and O–H groups in total. The van der Waals surface area contributed by atoms with E-state index < -0.39 is 6.09 Å². The summed E-state index contributed by atoms with van der Waals surface area (Å²) < 4.78 is 1.82. The fraction of sp³-hybridized carbons (Fsp3) is 0.500. The van der Waals surface area contributed by atoms with E-state index in [1.807, 2.05) is 42.8 Å². The maximum absolute atomic E-state index is 12.8.